The van der Waals surface area contributed by atoms with E-state index in [0.29, 0.717) is 37.4 Å². The number of rotatable bonds is 7. The van der Waals surface area contributed by atoms with Crippen LogP contribution >= 0.6 is 0 Å². The summed E-state index contributed by atoms with van der Waals surface area (Å²) in [5.74, 6) is -0.729. The third-order valence-corrected chi connectivity index (χ3v) is 5.39. The summed E-state index contributed by atoms with van der Waals surface area (Å²) in [6.45, 7) is 9.24. The zero-order chi connectivity index (χ0) is 20.8. The van der Waals surface area contributed by atoms with Gasteiger partial charge in [0.25, 0.3) is 5.91 Å². The fourth-order valence-corrected chi connectivity index (χ4v) is 3.67. The summed E-state index contributed by atoms with van der Waals surface area (Å²) in [4.78, 5) is 39.1. The lowest BCUT2D eigenvalue weighted by Gasteiger charge is -2.28. The summed E-state index contributed by atoms with van der Waals surface area (Å²) in [5, 5.41) is 13.4. The van der Waals surface area contributed by atoms with Crippen molar-refractivity contribution in [3.8, 4) is 0 Å². The Kier molecular flexibility index (Phi) is 7.60. The smallest absolute Gasteiger partial charge is 0.323 e. The van der Waals surface area contributed by atoms with E-state index >= 15 is 0 Å². The number of carbonyl (C=O) groups is 3. The summed E-state index contributed by atoms with van der Waals surface area (Å²) < 4.78 is 1.89. The van der Waals surface area contributed by atoms with E-state index in [0.717, 1.165) is 25.1 Å². The number of likely N-dealkylation sites (tertiary alicyclic amines) is 1. The average molecular weight is 393 g/mol. The first kappa shape index (κ1) is 21.9. The summed E-state index contributed by atoms with van der Waals surface area (Å²) in [7, 11) is 0. The van der Waals surface area contributed by atoms with E-state index in [-0.39, 0.29) is 24.4 Å². The first-order valence-electron chi connectivity index (χ1n) is 10.0. The molecule has 0 saturated carbocycles. The molecule has 0 radical (unpaired) electrons. The second kappa shape index (κ2) is 9.71. The lowest BCUT2D eigenvalue weighted by Crippen LogP contribution is -2.43. The second-order valence-electron chi connectivity index (χ2n) is 7.97. The Hall–Kier alpha value is -2.38. The van der Waals surface area contributed by atoms with Gasteiger partial charge in [0.15, 0.2) is 0 Å². The van der Waals surface area contributed by atoms with Gasteiger partial charge >= 0.3 is 5.97 Å². The van der Waals surface area contributed by atoms with E-state index in [1.54, 1.807) is 11.1 Å². The minimum absolute atomic E-state index is 0.0402. The van der Waals surface area contributed by atoms with Crippen LogP contribution in [0.3, 0.4) is 0 Å². The van der Waals surface area contributed by atoms with Gasteiger partial charge in [-0.05, 0) is 38.5 Å². The SMILES string of the molecule is CC(=O)N(CC(=O)O)C1CCCN(C(=O)c2cnn(CCC(C)C)c2C)CC1. The summed E-state index contributed by atoms with van der Waals surface area (Å²) in [6, 6.07) is -0.152. The van der Waals surface area contributed by atoms with Gasteiger partial charge in [-0.25, -0.2) is 0 Å². The first-order valence-corrected chi connectivity index (χ1v) is 10.0. The molecule has 8 heteroatoms. The molecule has 8 nitrogen and oxygen atoms in total. The Morgan fingerprint density at radius 1 is 1.29 bits per heavy atom. The number of hydrogen-bond acceptors (Lipinski definition) is 4. The standard InChI is InChI=1S/C20H32N4O4/c1-14(2)7-11-24-15(3)18(12-21-24)20(28)22-9-5-6-17(8-10-22)23(16(4)25)13-19(26)27/h12,14,17H,5-11,13H2,1-4H3,(H,26,27). The molecule has 0 aromatic carbocycles. The molecule has 1 saturated heterocycles. The zero-order valence-corrected chi connectivity index (χ0v) is 17.3. The van der Waals surface area contributed by atoms with Crippen LogP contribution in [0.15, 0.2) is 6.20 Å². The molecule has 1 aliphatic rings. The number of carboxylic acid groups (broad SMARTS) is 1. The minimum Gasteiger partial charge on any atom is -0.480 e. The van der Waals surface area contributed by atoms with Gasteiger partial charge in [0.1, 0.15) is 6.54 Å². The van der Waals surface area contributed by atoms with Crippen molar-refractivity contribution in [3.05, 3.63) is 17.5 Å². The van der Waals surface area contributed by atoms with Crippen molar-refractivity contribution in [2.75, 3.05) is 19.6 Å². The van der Waals surface area contributed by atoms with Crippen molar-refractivity contribution >= 4 is 17.8 Å². The molecule has 1 atom stereocenters. The molecule has 0 aliphatic carbocycles. The monoisotopic (exact) mass is 392 g/mol. The molecule has 2 rings (SSSR count). The molecular weight excluding hydrogens is 360 g/mol. The van der Waals surface area contributed by atoms with Crippen molar-refractivity contribution in [1.29, 1.82) is 0 Å². The van der Waals surface area contributed by atoms with Gasteiger partial charge in [0.05, 0.1) is 11.8 Å². The van der Waals surface area contributed by atoms with Crippen LogP contribution in [0.4, 0.5) is 0 Å². The maximum absolute atomic E-state index is 13.0. The van der Waals surface area contributed by atoms with Gasteiger partial charge in [0, 0.05) is 38.3 Å². The molecular formula is C20H32N4O4. The minimum atomic E-state index is -1.02. The Bertz CT molecular complexity index is 713. The molecule has 156 valence electrons. The highest BCUT2D eigenvalue weighted by Gasteiger charge is 2.29. The lowest BCUT2D eigenvalue weighted by molar-refractivity contribution is -0.145. The number of amides is 2. The Labute approximate surface area is 166 Å². The number of carbonyl (C=O) groups excluding carboxylic acids is 2. The highest BCUT2D eigenvalue weighted by Crippen LogP contribution is 2.20. The largest absolute Gasteiger partial charge is 0.480 e. The molecule has 1 aromatic heterocycles. The van der Waals surface area contributed by atoms with Crippen molar-refractivity contribution in [2.45, 2.75) is 66.0 Å². The number of carboxylic acids is 1. The topological polar surface area (TPSA) is 95.7 Å². The number of nitrogens with zero attached hydrogens (tertiary/aromatic N) is 4. The first-order chi connectivity index (χ1) is 13.2. The maximum atomic E-state index is 13.0. The molecule has 28 heavy (non-hydrogen) atoms. The maximum Gasteiger partial charge on any atom is 0.323 e. The predicted molar refractivity (Wildman–Crippen MR) is 105 cm³/mol. The molecule has 1 fully saturated rings. The van der Waals surface area contributed by atoms with Crippen LogP contribution in [-0.4, -0.2) is 68.1 Å². The normalized spacial score (nSPS) is 17.5. The zero-order valence-electron chi connectivity index (χ0n) is 17.3. The Morgan fingerprint density at radius 2 is 2.00 bits per heavy atom. The van der Waals surface area contributed by atoms with Gasteiger partial charge < -0.3 is 14.9 Å². The van der Waals surface area contributed by atoms with Gasteiger partial charge in [-0.2, -0.15) is 5.10 Å². The highest BCUT2D eigenvalue weighted by molar-refractivity contribution is 5.95. The van der Waals surface area contributed by atoms with Crippen LogP contribution < -0.4 is 0 Å². The molecule has 1 unspecified atom stereocenters. The van der Waals surface area contributed by atoms with Crippen LogP contribution in [0.5, 0.6) is 0 Å². The number of aliphatic carboxylic acids is 1. The van der Waals surface area contributed by atoms with Crippen LogP contribution in [-0.2, 0) is 16.1 Å². The van der Waals surface area contributed by atoms with Crippen LogP contribution in [0, 0.1) is 12.8 Å². The van der Waals surface area contributed by atoms with Gasteiger partial charge in [-0.15, -0.1) is 0 Å². The van der Waals surface area contributed by atoms with E-state index in [1.165, 1.54) is 11.8 Å². The third-order valence-electron chi connectivity index (χ3n) is 5.39. The average Bonchev–Trinajstić information content (AvgIpc) is 2.82. The summed E-state index contributed by atoms with van der Waals surface area (Å²) in [6.07, 6.45) is 4.67. The summed E-state index contributed by atoms with van der Waals surface area (Å²) >= 11 is 0. The third kappa shape index (κ3) is 5.56. The predicted octanol–water partition coefficient (Wildman–Crippen LogP) is 2.17. The lowest BCUT2D eigenvalue weighted by atomic mass is 10.1. The fraction of sp³-hybridized carbons (Fsp3) is 0.700. The molecule has 0 bridgehead atoms. The second-order valence-corrected chi connectivity index (χ2v) is 7.97. The molecule has 1 aromatic rings. The van der Waals surface area contributed by atoms with E-state index < -0.39 is 5.97 Å². The van der Waals surface area contributed by atoms with E-state index in [2.05, 4.69) is 18.9 Å². The fourth-order valence-electron chi connectivity index (χ4n) is 3.67. The van der Waals surface area contributed by atoms with Crippen molar-refractivity contribution < 1.29 is 19.5 Å². The van der Waals surface area contributed by atoms with Crippen LogP contribution in [0.2, 0.25) is 0 Å². The van der Waals surface area contributed by atoms with Crippen molar-refractivity contribution in [1.82, 2.24) is 19.6 Å². The van der Waals surface area contributed by atoms with Crippen molar-refractivity contribution in [3.63, 3.8) is 0 Å². The van der Waals surface area contributed by atoms with Gasteiger partial charge in [0.2, 0.25) is 5.91 Å². The van der Waals surface area contributed by atoms with Crippen LogP contribution in [0.25, 0.3) is 0 Å². The Balaban J connectivity index is 2.04. The summed E-state index contributed by atoms with van der Waals surface area (Å²) in [5.41, 5.74) is 1.50. The molecule has 1 aliphatic heterocycles. The highest BCUT2D eigenvalue weighted by atomic mass is 16.4. The molecule has 1 N–H and O–H groups in total. The molecule has 2 heterocycles. The van der Waals surface area contributed by atoms with E-state index in [9.17, 15) is 14.4 Å². The van der Waals surface area contributed by atoms with E-state index in [1.807, 2.05) is 11.6 Å². The van der Waals surface area contributed by atoms with Crippen molar-refractivity contribution in [2.24, 2.45) is 5.92 Å². The van der Waals surface area contributed by atoms with E-state index in [4.69, 9.17) is 5.11 Å². The number of hydrogen-bond donors (Lipinski definition) is 1. The number of aryl methyl sites for hydroxylation is 1. The van der Waals surface area contributed by atoms with Gasteiger partial charge in [-0.3, -0.25) is 19.1 Å². The Morgan fingerprint density at radius 3 is 2.61 bits per heavy atom. The molecule has 0 spiro atoms. The quantitative estimate of drug-likeness (QED) is 0.767. The van der Waals surface area contributed by atoms with Gasteiger partial charge in [-0.1, -0.05) is 13.8 Å². The van der Waals surface area contributed by atoms with Crippen LogP contribution in [0.1, 0.15) is 62.5 Å². The molecule has 2 amide bonds. The number of aromatic nitrogens is 2.